The van der Waals surface area contributed by atoms with E-state index in [4.69, 9.17) is 11.6 Å². The predicted octanol–water partition coefficient (Wildman–Crippen LogP) is 3.90. The molecular formula is C18H20ClN3O. The van der Waals surface area contributed by atoms with E-state index in [9.17, 15) is 4.79 Å². The smallest absolute Gasteiger partial charge is 0.228 e. The third-order valence-corrected chi connectivity index (χ3v) is 4.44. The van der Waals surface area contributed by atoms with Crippen LogP contribution in [-0.4, -0.2) is 24.0 Å². The molecule has 0 spiro atoms. The van der Waals surface area contributed by atoms with Gasteiger partial charge in [-0.3, -0.25) is 4.79 Å². The highest BCUT2D eigenvalue weighted by atomic mass is 35.5. The number of benzene rings is 1. The lowest BCUT2D eigenvalue weighted by Gasteiger charge is -2.33. The molecule has 120 valence electrons. The molecule has 23 heavy (non-hydrogen) atoms. The maximum Gasteiger partial charge on any atom is 0.228 e. The van der Waals surface area contributed by atoms with E-state index in [1.807, 2.05) is 37.3 Å². The van der Waals surface area contributed by atoms with Gasteiger partial charge in [0.15, 0.2) is 0 Å². The number of halogens is 1. The van der Waals surface area contributed by atoms with Crippen molar-refractivity contribution in [3.05, 3.63) is 53.2 Å². The van der Waals surface area contributed by atoms with Crippen LogP contribution < -0.4 is 10.2 Å². The van der Waals surface area contributed by atoms with Crippen LogP contribution in [-0.2, 0) is 4.79 Å². The lowest BCUT2D eigenvalue weighted by molar-refractivity contribution is -0.120. The van der Waals surface area contributed by atoms with Crippen LogP contribution in [0.1, 0.15) is 18.4 Å². The Morgan fingerprint density at radius 3 is 2.74 bits per heavy atom. The molecule has 1 N–H and O–H groups in total. The van der Waals surface area contributed by atoms with Gasteiger partial charge in [-0.2, -0.15) is 0 Å². The fourth-order valence-electron chi connectivity index (χ4n) is 2.91. The van der Waals surface area contributed by atoms with Crippen molar-refractivity contribution in [2.45, 2.75) is 19.8 Å². The van der Waals surface area contributed by atoms with Crippen molar-refractivity contribution in [1.29, 1.82) is 0 Å². The second-order valence-electron chi connectivity index (χ2n) is 5.95. The molecule has 0 radical (unpaired) electrons. The Morgan fingerprint density at radius 1 is 1.26 bits per heavy atom. The van der Waals surface area contributed by atoms with Crippen LogP contribution in [0.25, 0.3) is 0 Å². The van der Waals surface area contributed by atoms with Crippen molar-refractivity contribution < 1.29 is 4.79 Å². The molecule has 0 saturated carbocycles. The molecule has 0 unspecified atom stereocenters. The monoisotopic (exact) mass is 329 g/mol. The predicted molar refractivity (Wildman–Crippen MR) is 94.0 cm³/mol. The number of hydrogen-bond donors (Lipinski definition) is 1. The van der Waals surface area contributed by atoms with Gasteiger partial charge in [-0.05, 0) is 55.7 Å². The molecule has 0 aliphatic carbocycles. The summed E-state index contributed by atoms with van der Waals surface area (Å²) in [6.45, 7) is 3.71. The molecule has 4 nitrogen and oxygen atoms in total. The number of piperidine rings is 1. The van der Waals surface area contributed by atoms with Gasteiger partial charge in [0.05, 0.1) is 0 Å². The van der Waals surface area contributed by atoms with Crippen molar-refractivity contribution in [3.8, 4) is 0 Å². The lowest BCUT2D eigenvalue weighted by atomic mass is 9.95. The minimum atomic E-state index is 0.0350. The molecule has 2 aromatic rings. The summed E-state index contributed by atoms with van der Waals surface area (Å²) >= 11 is 6.05. The summed E-state index contributed by atoms with van der Waals surface area (Å²) in [4.78, 5) is 18.9. The number of aryl methyl sites for hydroxylation is 1. The largest absolute Gasteiger partial charge is 0.371 e. The zero-order valence-electron chi connectivity index (χ0n) is 13.1. The highest BCUT2D eigenvalue weighted by Crippen LogP contribution is 2.26. The van der Waals surface area contributed by atoms with Crippen LogP contribution in [0.3, 0.4) is 0 Å². The zero-order chi connectivity index (χ0) is 16.2. The Balaban J connectivity index is 1.57. The maximum absolute atomic E-state index is 12.4. The number of aromatic nitrogens is 1. The van der Waals surface area contributed by atoms with E-state index in [2.05, 4.69) is 21.3 Å². The van der Waals surface area contributed by atoms with Crippen molar-refractivity contribution in [1.82, 2.24) is 4.98 Å². The summed E-state index contributed by atoms with van der Waals surface area (Å²) in [7, 11) is 0. The van der Waals surface area contributed by atoms with Crippen molar-refractivity contribution in [2.24, 2.45) is 5.92 Å². The molecule has 3 rings (SSSR count). The summed E-state index contributed by atoms with van der Waals surface area (Å²) in [5.74, 6) is 0.730. The first-order chi connectivity index (χ1) is 11.1. The minimum absolute atomic E-state index is 0.0350. The van der Waals surface area contributed by atoms with Crippen LogP contribution in [0.5, 0.6) is 0 Å². The Morgan fingerprint density at radius 2 is 2.04 bits per heavy atom. The first kappa shape index (κ1) is 15.8. The summed E-state index contributed by atoms with van der Waals surface area (Å²) < 4.78 is 0. The third kappa shape index (κ3) is 4.02. The first-order valence-corrected chi connectivity index (χ1v) is 8.23. The SMILES string of the molecule is Cc1ccnc(NC(=O)C2CCN(c3cccc(Cl)c3)CC2)c1. The number of carbonyl (C=O) groups excluding carboxylic acids is 1. The van der Waals surface area contributed by atoms with Crippen molar-refractivity contribution >= 4 is 29.0 Å². The zero-order valence-corrected chi connectivity index (χ0v) is 13.9. The van der Waals surface area contributed by atoms with Gasteiger partial charge in [0.1, 0.15) is 5.82 Å². The number of amides is 1. The number of pyridine rings is 1. The third-order valence-electron chi connectivity index (χ3n) is 4.21. The highest BCUT2D eigenvalue weighted by Gasteiger charge is 2.25. The molecule has 1 amide bonds. The summed E-state index contributed by atoms with van der Waals surface area (Å²) in [5, 5.41) is 3.67. The molecule has 5 heteroatoms. The Labute approximate surface area is 141 Å². The summed E-state index contributed by atoms with van der Waals surface area (Å²) in [5.41, 5.74) is 2.21. The molecule has 1 fully saturated rings. The molecule has 1 aromatic heterocycles. The quantitative estimate of drug-likeness (QED) is 0.929. The molecule has 1 aliphatic rings. The molecule has 1 aliphatic heterocycles. The van der Waals surface area contributed by atoms with Gasteiger partial charge in [-0.15, -0.1) is 0 Å². The lowest BCUT2D eigenvalue weighted by Crippen LogP contribution is -2.38. The van der Waals surface area contributed by atoms with Gasteiger partial charge in [-0.25, -0.2) is 4.98 Å². The Bertz CT molecular complexity index is 696. The number of nitrogens with one attached hydrogen (secondary N) is 1. The molecule has 1 aromatic carbocycles. The first-order valence-electron chi connectivity index (χ1n) is 7.86. The van der Waals surface area contributed by atoms with E-state index in [1.165, 1.54) is 0 Å². The average molecular weight is 330 g/mol. The number of nitrogens with zero attached hydrogens (tertiary/aromatic N) is 2. The Kier molecular flexibility index (Phi) is 4.82. The number of carbonyl (C=O) groups is 1. The second kappa shape index (κ2) is 7.01. The van der Waals surface area contributed by atoms with E-state index in [0.29, 0.717) is 5.82 Å². The number of hydrogen-bond acceptors (Lipinski definition) is 3. The average Bonchev–Trinajstić information content (AvgIpc) is 2.55. The number of anilines is 2. The fourth-order valence-corrected chi connectivity index (χ4v) is 3.09. The second-order valence-corrected chi connectivity index (χ2v) is 6.39. The minimum Gasteiger partial charge on any atom is -0.371 e. The van der Waals surface area contributed by atoms with Crippen LogP contribution >= 0.6 is 11.6 Å². The molecule has 0 bridgehead atoms. The Hall–Kier alpha value is -2.07. The summed E-state index contributed by atoms with van der Waals surface area (Å²) in [6.07, 6.45) is 3.39. The summed E-state index contributed by atoms with van der Waals surface area (Å²) in [6, 6.07) is 11.7. The van der Waals surface area contributed by atoms with Gasteiger partial charge < -0.3 is 10.2 Å². The molecule has 2 heterocycles. The number of rotatable bonds is 3. The fraction of sp³-hybridized carbons (Fsp3) is 0.333. The normalized spacial score (nSPS) is 15.5. The molecule has 1 saturated heterocycles. The standard InChI is InChI=1S/C18H20ClN3O/c1-13-5-8-20-17(11-13)21-18(23)14-6-9-22(10-7-14)16-4-2-3-15(19)12-16/h2-5,8,11-12,14H,6-7,9-10H2,1H3,(H,20,21,23). The van der Waals surface area contributed by atoms with E-state index in [1.54, 1.807) is 6.20 Å². The van der Waals surface area contributed by atoms with Crippen LogP contribution in [0.15, 0.2) is 42.6 Å². The van der Waals surface area contributed by atoms with Gasteiger partial charge in [-0.1, -0.05) is 17.7 Å². The van der Waals surface area contributed by atoms with Crippen LogP contribution in [0.4, 0.5) is 11.5 Å². The highest BCUT2D eigenvalue weighted by molar-refractivity contribution is 6.30. The maximum atomic E-state index is 12.4. The molecular weight excluding hydrogens is 310 g/mol. The van der Waals surface area contributed by atoms with E-state index in [0.717, 1.165) is 42.2 Å². The van der Waals surface area contributed by atoms with Gasteiger partial charge in [0, 0.05) is 35.9 Å². The van der Waals surface area contributed by atoms with E-state index >= 15 is 0 Å². The molecule has 0 atom stereocenters. The van der Waals surface area contributed by atoms with E-state index < -0.39 is 0 Å². The van der Waals surface area contributed by atoms with Gasteiger partial charge in [0.25, 0.3) is 0 Å². The van der Waals surface area contributed by atoms with Crippen molar-refractivity contribution in [3.63, 3.8) is 0 Å². The van der Waals surface area contributed by atoms with Crippen LogP contribution in [0, 0.1) is 12.8 Å². The topological polar surface area (TPSA) is 45.2 Å². The van der Waals surface area contributed by atoms with E-state index in [-0.39, 0.29) is 11.8 Å². The van der Waals surface area contributed by atoms with Gasteiger partial charge in [0.2, 0.25) is 5.91 Å². The van der Waals surface area contributed by atoms with Crippen molar-refractivity contribution in [2.75, 3.05) is 23.3 Å². The van der Waals surface area contributed by atoms with Crippen LogP contribution in [0.2, 0.25) is 5.02 Å². The van der Waals surface area contributed by atoms with Gasteiger partial charge >= 0.3 is 0 Å².